The first-order valence-corrected chi connectivity index (χ1v) is 6.59. The van der Waals surface area contributed by atoms with Crippen molar-refractivity contribution < 1.29 is 4.74 Å². The summed E-state index contributed by atoms with van der Waals surface area (Å²) in [5.41, 5.74) is 6.09. The largest absolute Gasteiger partial charge is 0.486 e. The van der Waals surface area contributed by atoms with E-state index in [1.807, 2.05) is 35.0 Å². The van der Waals surface area contributed by atoms with Crippen LogP contribution >= 0.6 is 0 Å². The van der Waals surface area contributed by atoms with E-state index < -0.39 is 0 Å². The fourth-order valence-corrected chi connectivity index (χ4v) is 2.45. The highest BCUT2D eigenvalue weighted by Crippen LogP contribution is 2.25. The topological polar surface area (TPSA) is 66.0 Å². The highest BCUT2D eigenvalue weighted by Gasteiger charge is 2.25. The quantitative estimate of drug-likeness (QED) is 0.913. The molecule has 2 aromatic rings. The van der Waals surface area contributed by atoms with Gasteiger partial charge in [0.05, 0.1) is 6.04 Å². The fraction of sp³-hybridized carbons (Fsp3) is 0.429. The van der Waals surface area contributed by atoms with Crippen molar-refractivity contribution >= 4 is 0 Å². The van der Waals surface area contributed by atoms with Gasteiger partial charge in [0, 0.05) is 6.54 Å². The molecule has 1 aromatic carbocycles. The van der Waals surface area contributed by atoms with Gasteiger partial charge in [0.1, 0.15) is 18.2 Å². The predicted molar refractivity (Wildman–Crippen MR) is 71.5 cm³/mol. The van der Waals surface area contributed by atoms with Gasteiger partial charge in [-0.3, -0.25) is 0 Å². The average molecular weight is 258 g/mol. The number of benzene rings is 1. The zero-order valence-corrected chi connectivity index (χ0v) is 11.0. The van der Waals surface area contributed by atoms with Gasteiger partial charge < -0.3 is 10.5 Å². The molecular weight excluding hydrogens is 240 g/mol. The highest BCUT2D eigenvalue weighted by molar-refractivity contribution is 5.21. The summed E-state index contributed by atoms with van der Waals surface area (Å²) in [6.07, 6.45) is 0.970. The van der Waals surface area contributed by atoms with E-state index in [0.29, 0.717) is 18.3 Å². The second-order valence-corrected chi connectivity index (χ2v) is 5.12. The van der Waals surface area contributed by atoms with Crippen LogP contribution in [0.4, 0.5) is 0 Å². The van der Waals surface area contributed by atoms with Crippen LogP contribution in [0.1, 0.15) is 31.0 Å². The van der Waals surface area contributed by atoms with Crippen LogP contribution in [-0.4, -0.2) is 14.8 Å². The number of rotatable bonds is 3. The first-order valence-electron chi connectivity index (χ1n) is 6.59. The summed E-state index contributed by atoms with van der Waals surface area (Å²) >= 11 is 0. The molecule has 3 rings (SSSR count). The van der Waals surface area contributed by atoms with Gasteiger partial charge in [0.15, 0.2) is 5.82 Å². The summed E-state index contributed by atoms with van der Waals surface area (Å²) in [4.78, 5) is 4.48. The molecule has 0 saturated heterocycles. The van der Waals surface area contributed by atoms with E-state index in [1.165, 1.54) is 0 Å². The Kier molecular flexibility index (Phi) is 3.21. The number of para-hydroxylation sites is 1. The predicted octanol–water partition coefficient (Wildman–Crippen LogP) is 1.90. The maximum Gasteiger partial charge on any atom is 0.188 e. The van der Waals surface area contributed by atoms with E-state index in [-0.39, 0.29) is 6.04 Å². The average Bonchev–Trinajstić information content (AvgIpc) is 2.81. The van der Waals surface area contributed by atoms with E-state index in [2.05, 4.69) is 17.0 Å². The summed E-state index contributed by atoms with van der Waals surface area (Å²) in [5, 5.41) is 4.47. The molecule has 19 heavy (non-hydrogen) atoms. The molecule has 0 fully saturated rings. The van der Waals surface area contributed by atoms with Crippen LogP contribution in [0, 0.1) is 5.92 Å². The molecule has 0 radical (unpaired) electrons. The third-order valence-corrected chi connectivity index (χ3v) is 3.33. The Morgan fingerprint density at radius 2 is 2.16 bits per heavy atom. The number of nitrogens with zero attached hydrogens (tertiary/aromatic N) is 3. The Morgan fingerprint density at radius 3 is 2.95 bits per heavy atom. The molecule has 5 nitrogen and oxygen atoms in total. The molecule has 0 saturated carbocycles. The number of ether oxygens (including phenoxy) is 1. The van der Waals surface area contributed by atoms with Crippen LogP contribution in [0.5, 0.6) is 5.75 Å². The first kappa shape index (κ1) is 12.2. The number of nitrogens with two attached hydrogens (primary N) is 1. The first-order chi connectivity index (χ1) is 9.22. The van der Waals surface area contributed by atoms with Gasteiger partial charge in [-0.2, -0.15) is 5.10 Å². The molecule has 2 atom stereocenters. The lowest BCUT2D eigenvalue weighted by molar-refractivity contribution is 0.292. The molecule has 2 unspecified atom stereocenters. The number of hydrogen-bond acceptors (Lipinski definition) is 4. The smallest absolute Gasteiger partial charge is 0.188 e. The van der Waals surface area contributed by atoms with E-state index in [1.54, 1.807) is 0 Å². The Bertz CT molecular complexity index is 552. The summed E-state index contributed by atoms with van der Waals surface area (Å²) in [5.74, 6) is 2.95. The van der Waals surface area contributed by atoms with Crippen molar-refractivity contribution in [2.24, 2.45) is 11.7 Å². The van der Waals surface area contributed by atoms with Crippen LogP contribution in [0.15, 0.2) is 30.3 Å². The van der Waals surface area contributed by atoms with Crippen molar-refractivity contribution in [3.63, 3.8) is 0 Å². The second kappa shape index (κ2) is 5.01. The van der Waals surface area contributed by atoms with Crippen LogP contribution in [0.2, 0.25) is 0 Å². The lowest BCUT2D eigenvalue weighted by atomic mass is 9.98. The zero-order valence-electron chi connectivity index (χ0n) is 11.0. The van der Waals surface area contributed by atoms with Crippen molar-refractivity contribution in [1.29, 1.82) is 0 Å². The zero-order chi connectivity index (χ0) is 13.2. The Labute approximate surface area is 112 Å². The van der Waals surface area contributed by atoms with Gasteiger partial charge >= 0.3 is 0 Å². The van der Waals surface area contributed by atoms with Crippen molar-refractivity contribution in [3.05, 3.63) is 42.0 Å². The molecular formula is C14H18N4O. The van der Waals surface area contributed by atoms with E-state index >= 15 is 0 Å². The van der Waals surface area contributed by atoms with Gasteiger partial charge in [-0.15, -0.1) is 0 Å². The van der Waals surface area contributed by atoms with Crippen molar-refractivity contribution in [2.75, 3.05) is 0 Å². The van der Waals surface area contributed by atoms with Crippen LogP contribution in [0.3, 0.4) is 0 Å². The van der Waals surface area contributed by atoms with Crippen LogP contribution in [0.25, 0.3) is 0 Å². The second-order valence-electron chi connectivity index (χ2n) is 5.12. The number of fused-ring (bicyclic) bond motifs is 1. The molecule has 1 aliphatic heterocycles. The lowest BCUT2D eigenvalue weighted by Gasteiger charge is -2.23. The standard InChI is InChI=1S/C14H18N4O/c1-10-7-12(15)14-16-13(17-18(14)8-10)9-19-11-5-3-2-4-6-11/h2-6,10,12H,7-9,15H2,1H3. The lowest BCUT2D eigenvalue weighted by Crippen LogP contribution is -2.27. The summed E-state index contributed by atoms with van der Waals surface area (Å²) < 4.78 is 7.57. The summed E-state index contributed by atoms with van der Waals surface area (Å²) in [6.45, 7) is 3.46. The monoisotopic (exact) mass is 258 g/mol. The normalized spacial score (nSPS) is 22.0. The molecule has 1 aromatic heterocycles. The minimum absolute atomic E-state index is 0.0123. The van der Waals surface area contributed by atoms with Gasteiger partial charge in [0.2, 0.25) is 0 Å². The van der Waals surface area contributed by atoms with Crippen molar-refractivity contribution in [1.82, 2.24) is 14.8 Å². The van der Waals surface area contributed by atoms with Gasteiger partial charge in [-0.05, 0) is 24.5 Å². The Balaban J connectivity index is 1.71. The molecule has 5 heteroatoms. The molecule has 0 bridgehead atoms. The molecule has 2 N–H and O–H groups in total. The molecule has 2 heterocycles. The molecule has 0 amide bonds. The minimum Gasteiger partial charge on any atom is -0.486 e. The number of hydrogen-bond donors (Lipinski definition) is 1. The Morgan fingerprint density at radius 1 is 1.37 bits per heavy atom. The maximum absolute atomic E-state index is 6.09. The van der Waals surface area contributed by atoms with Crippen molar-refractivity contribution in [3.8, 4) is 5.75 Å². The maximum atomic E-state index is 6.09. The van der Waals surface area contributed by atoms with Gasteiger partial charge in [-0.25, -0.2) is 9.67 Å². The molecule has 100 valence electrons. The third kappa shape index (κ3) is 2.61. The minimum atomic E-state index is -0.0123. The SMILES string of the molecule is CC1CC(N)c2nc(COc3ccccc3)nn2C1. The molecule has 0 aliphatic carbocycles. The number of aromatic nitrogens is 3. The fourth-order valence-electron chi connectivity index (χ4n) is 2.45. The van der Waals surface area contributed by atoms with Crippen molar-refractivity contribution in [2.45, 2.75) is 32.5 Å². The van der Waals surface area contributed by atoms with E-state index in [4.69, 9.17) is 10.5 Å². The van der Waals surface area contributed by atoms with Crippen LogP contribution in [-0.2, 0) is 13.2 Å². The Hall–Kier alpha value is -1.88. The van der Waals surface area contributed by atoms with E-state index in [0.717, 1.165) is 24.5 Å². The third-order valence-electron chi connectivity index (χ3n) is 3.33. The van der Waals surface area contributed by atoms with Gasteiger partial charge in [-0.1, -0.05) is 25.1 Å². The summed E-state index contributed by atoms with van der Waals surface area (Å²) in [6, 6.07) is 9.67. The highest BCUT2D eigenvalue weighted by atomic mass is 16.5. The molecule has 0 spiro atoms. The van der Waals surface area contributed by atoms with Crippen LogP contribution < -0.4 is 10.5 Å². The molecule has 1 aliphatic rings. The summed E-state index contributed by atoms with van der Waals surface area (Å²) in [7, 11) is 0. The van der Waals surface area contributed by atoms with E-state index in [9.17, 15) is 0 Å². The van der Waals surface area contributed by atoms with Gasteiger partial charge in [0.25, 0.3) is 0 Å².